The summed E-state index contributed by atoms with van der Waals surface area (Å²) in [7, 11) is 1.62. The number of amides is 1. The van der Waals surface area contributed by atoms with Crippen LogP contribution < -0.4 is 10.1 Å². The van der Waals surface area contributed by atoms with Crippen LogP contribution in [0.15, 0.2) is 24.3 Å². The number of carboxylic acid groups (broad SMARTS) is 1. The van der Waals surface area contributed by atoms with E-state index in [4.69, 9.17) is 14.6 Å². The summed E-state index contributed by atoms with van der Waals surface area (Å²) < 4.78 is 10.5. The minimum absolute atomic E-state index is 0.0699. The Kier molecular flexibility index (Phi) is 6.40. The van der Waals surface area contributed by atoms with E-state index in [0.29, 0.717) is 39.0 Å². The lowest BCUT2D eigenvalue weighted by atomic mass is 10.0. The van der Waals surface area contributed by atoms with Crippen molar-refractivity contribution in [2.45, 2.75) is 25.8 Å². The Bertz CT molecular complexity index is 546. The quantitative estimate of drug-likeness (QED) is 0.714. The molecule has 1 amide bonds. The number of benzene rings is 1. The molecule has 1 aromatic carbocycles. The molecule has 2 rings (SSSR count). The Morgan fingerprint density at radius 2 is 2.04 bits per heavy atom. The predicted octanol–water partition coefficient (Wildman–Crippen LogP) is 1.83. The molecular weight excluding hydrogens is 298 g/mol. The van der Waals surface area contributed by atoms with E-state index in [9.17, 15) is 9.59 Å². The number of carbonyl (C=O) groups excluding carboxylic acids is 1. The second-order valence-corrected chi connectivity index (χ2v) is 5.75. The molecule has 0 bridgehead atoms. The zero-order valence-corrected chi connectivity index (χ0v) is 13.3. The van der Waals surface area contributed by atoms with E-state index in [1.54, 1.807) is 7.11 Å². The molecule has 0 radical (unpaired) electrons. The van der Waals surface area contributed by atoms with E-state index in [0.717, 1.165) is 11.3 Å². The molecule has 0 spiro atoms. The second-order valence-electron chi connectivity index (χ2n) is 5.75. The van der Waals surface area contributed by atoms with E-state index in [1.807, 2.05) is 24.3 Å². The van der Waals surface area contributed by atoms with Crippen LogP contribution in [-0.4, -0.2) is 37.3 Å². The highest BCUT2D eigenvalue weighted by atomic mass is 16.5. The van der Waals surface area contributed by atoms with Gasteiger partial charge in [-0.25, -0.2) is 0 Å². The van der Waals surface area contributed by atoms with Crippen molar-refractivity contribution >= 4 is 11.9 Å². The number of hydrogen-bond donors (Lipinski definition) is 2. The van der Waals surface area contributed by atoms with Crippen molar-refractivity contribution in [2.24, 2.45) is 11.8 Å². The lowest BCUT2D eigenvalue weighted by Crippen LogP contribution is -2.29. The van der Waals surface area contributed by atoms with Gasteiger partial charge in [-0.3, -0.25) is 9.59 Å². The van der Waals surface area contributed by atoms with Gasteiger partial charge in [0, 0.05) is 19.6 Å². The molecule has 1 aliphatic rings. The first kappa shape index (κ1) is 17.3. The van der Waals surface area contributed by atoms with Gasteiger partial charge < -0.3 is 19.9 Å². The fourth-order valence-electron chi connectivity index (χ4n) is 2.77. The van der Waals surface area contributed by atoms with Gasteiger partial charge in [0.05, 0.1) is 12.5 Å². The lowest BCUT2D eigenvalue weighted by Gasteiger charge is -2.12. The maximum absolute atomic E-state index is 12.1. The molecule has 2 N–H and O–H groups in total. The van der Waals surface area contributed by atoms with Crippen LogP contribution in [0.3, 0.4) is 0 Å². The molecule has 0 saturated heterocycles. The van der Waals surface area contributed by atoms with Crippen LogP contribution >= 0.6 is 0 Å². The van der Waals surface area contributed by atoms with Crippen molar-refractivity contribution in [1.29, 1.82) is 0 Å². The highest BCUT2D eigenvalue weighted by Crippen LogP contribution is 2.31. The first-order valence-electron chi connectivity index (χ1n) is 7.81. The molecule has 0 aliphatic heterocycles. The Hall–Kier alpha value is -2.08. The van der Waals surface area contributed by atoms with E-state index in [2.05, 4.69) is 5.32 Å². The van der Waals surface area contributed by atoms with E-state index in [-0.39, 0.29) is 17.7 Å². The fraction of sp³-hybridized carbons (Fsp3) is 0.529. The van der Waals surface area contributed by atoms with E-state index in [1.165, 1.54) is 0 Å². The largest absolute Gasteiger partial charge is 0.491 e. The molecule has 6 nitrogen and oxygen atoms in total. The Labute approximate surface area is 135 Å². The Balaban J connectivity index is 1.80. The maximum Gasteiger partial charge on any atom is 0.306 e. The Morgan fingerprint density at radius 3 is 2.74 bits per heavy atom. The number of ether oxygens (including phenoxy) is 2. The molecule has 0 aromatic heterocycles. The minimum Gasteiger partial charge on any atom is -0.491 e. The SMILES string of the molecule is COCCOc1cccc(CNC(=O)[C@@H]2CC[C@H](C(=O)O)C2)c1. The molecule has 2 atom stereocenters. The molecular formula is C17H23NO5. The molecule has 0 heterocycles. The standard InChI is InChI=1S/C17H23NO5/c1-22-7-8-23-15-4-2-3-12(9-15)11-18-16(19)13-5-6-14(10-13)17(20)21/h2-4,9,13-14H,5-8,10-11H2,1H3,(H,18,19)(H,20,21)/t13-,14+/m1/s1. The number of methoxy groups -OCH3 is 1. The zero-order valence-electron chi connectivity index (χ0n) is 13.3. The molecule has 126 valence electrons. The van der Waals surface area contributed by atoms with Crippen LogP contribution in [0.5, 0.6) is 5.75 Å². The van der Waals surface area contributed by atoms with Crippen LogP contribution in [0.2, 0.25) is 0 Å². The van der Waals surface area contributed by atoms with Crippen molar-refractivity contribution < 1.29 is 24.2 Å². The molecule has 1 saturated carbocycles. The number of carboxylic acids is 1. The van der Waals surface area contributed by atoms with Crippen LogP contribution in [-0.2, 0) is 20.9 Å². The third kappa shape index (κ3) is 5.25. The monoisotopic (exact) mass is 321 g/mol. The highest BCUT2D eigenvalue weighted by molar-refractivity contribution is 5.80. The summed E-state index contributed by atoms with van der Waals surface area (Å²) in [6, 6.07) is 7.53. The van der Waals surface area contributed by atoms with Gasteiger partial charge in [0.25, 0.3) is 0 Å². The topological polar surface area (TPSA) is 84.9 Å². The molecule has 23 heavy (non-hydrogen) atoms. The number of carbonyl (C=O) groups is 2. The summed E-state index contributed by atoms with van der Waals surface area (Å²) in [6.45, 7) is 1.41. The van der Waals surface area contributed by atoms with Gasteiger partial charge in [-0.2, -0.15) is 0 Å². The smallest absolute Gasteiger partial charge is 0.306 e. The van der Waals surface area contributed by atoms with Gasteiger partial charge in [-0.05, 0) is 37.0 Å². The van der Waals surface area contributed by atoms with Gasteiger partial charge in [0.2, 0.25) is 5.91 Å². The van der Waals surface area contributed by atoms with Crippen molar-refractivity contribution in [1.82, 2.24) is 5.32 Å². The molecule has 1 aliphatic carbocycles. The Morgan fingerprint density at radius 1 is 1.26 bits per heavy atom. The average Bonchev–Trinajstić information content (AvgIpc) is 3.04. The average molecular weight is 321 g/mol. The van der Waals surface area contributed by atoms with Gasteiger partial charge in [-0.1, -0.05) is 12.1 Å². The van der Waals surface area contributed by atoms with Gasteiger partial charge in [-0.15, -0.1) is 0 Å². The normalized spacial score (nSPS) is 20.2. The molecule has 0 unspecified atom stereocenters. The molecule has 1 aromatic rings. The first-order chi connectivity index (χ1) is 11.1. The summed E-state index contributed by atoms with van der Waals surface area (Å²) in [5, 5.41) is 11.9. The second kappa shape index (κ2) is 8.53. The highest BCUT2D eigenvalue weighted by Gasteiger charge is 2.33. The predicted molar refractivity (Wildman–Crippen MR) is 84.1 cm³/mol. The third-order valence-corrected chi connectivity index (χ3v) is 4.07. The summed E-state index contributed by atoms with van der Waals surface area (Å²) in [5.74, 6) is -0.721. The number of nitrogens with one attached hydrogen (secondary N) is 1. The van der Waals surface area contributed by atoms with Crippen molar-refractivity contribution in [2.75, 3.05) is 20.3 Å². The first-order valence-corrected chi connectivity index (χ1v) is 7.81. The van der Waals surface area contributed by atoms with Gasteiger partial charge >= 0.3 is 5.97 Å². The fourth-order valence-corrected chi connectivity index (χ4v) is 2.77. The summed E-state index contributed by atoms with van der Waals surface area (Å²) in [5.41, 5.74) is 0.945. The third-order valence-electron chi connectivity index (χ3n) is 4.07. The van der Waals surface area contributed by atoms with Gasteiger partial charge in [0.1, 0.15) is 12.4 Å². The number of aliphatic carboxylic acids is 1. The zero-order chi connectivity index (χ0) is 16.7. The molecule has 1 fully saturated rings. The lowest BCUT2D eigenvalue weighted by molar-refractivity contribution is -0.141. The van der Waals surface area contributed by atoms with Crippen molar-refractivity contribution in [3.63, 3.8) is 0 Å². The number of rotatable bonds is 8. The summed E-state index contributed by atoms with van der Waals surface area (Å²) >= 11 is 0. The summed E-state index contributed by atoms with van der Waals surface area (Å²) in [4.78, 5) is 23.1. The van der Waals surface area contributed by atoms with Gasteiger partial charge in [0.15, 0.2) is 0 Å². The van der Waals surface area contributed by atoms with Crippen molar-refractivity contribution in [3.8, 4) is 5.75 Å². The number of hydrogen-bond acceptors (Lipinski definition) is 4. The van der Waals surface area contributed by atoms with Crippen LogP contribution in [0.25, 0.3) is 0 Å². The van der Waals surface area contributed by atoms with Crippen LogP contribution in [0, 0.1) is 11.8 Å². The maximum atomic E-state index is 12.1. The van der Waals surface area contributed by atoms with E-state index < -0.39 is 5.97 Å². The van der Waals surface area contributed by atoms with Crippen molar-refractivity contribution in [3.05, 3.63) is 29.8 Å². The molecule has 6 heteroatoms. The summed E-state index contributed by atoms with van der Waals surface area (Å²) in [6.07, 6.45) is 1.65. The van der Waals surface area contributed by atoms with Crippen LogP contribution in [0.4, 0.5) is 0 Å². The van der Waals surface area contributed by atoms with Crippen LogP contribution in [0.1, 0.15) is 24.8 Å². The minimum atomic E-state index is -0.804. The van der Waals surface area contributed by atoms with E-state index >= 15 is 0 Å².